The van der Waals surface area contributed by atoms with Crippen molar-refractivity contribution in [2.75, 3.05) is 19.2 Å². The first-order valence-electron chi connectivity index (χ1n) is 11.5. The number of benzene rings is 2. The van der Waals surface area contributed by atoms with Crippen LogP contribution >= 0.6 is 11.8 Å². The number of carbonyl (C=O) groups is 1. The first kappa shape index (κ1) is 24.4. The lowest BCUT2D eigenvalue weighted by molar-refractivity contribution is -0.142. The molecule has 34 heavy (non-hydrogen) atoms. The number of ether oxygens (including phenoxy) is 1. The van der Waals surface area contributed by atoms with Crippen LogP contribution in [0.15, 0.2) is 59.6 Å². The third-order valence-corrected chi connectivity index (χ3v) is 7.08. The number of aromatic nitrogens is 2. The Morgan fingerprint density at radius 2 is 1.71 bits per heavy atom. The fourth-order valence-corrected chi connectivity index (χ4v) is 5.34. The number of carboxylic acid groups (broad SMARTS) is 1. The molecule has 0 radical (unpaired) electrons. The van der Waals surface area contributed by atoms with Gasteiger partial charge in [0.25, 0.3) is 0 Å². The first-order valence-corrected chi connectivity index (χ1v) is 12.5. The van der Waals surface area contributed by atoms with E-state index in [1.165, 1.54) is 23.9 Å². The van der Waals surface area contributed by atoms with Gasteiger partial charge in [0, 0.05) is 17.7 Å². The molecule has 1 aromatic heterocycles. The number of hydrogen-bond donors (Lipinski definition) is 2. The molecule has 0 saturated heterocycles. The van der Waals surface area contributed by atoms with Gasteiger partial charge in [-0.25, -0.2) is 9.18 Å². The van der Waals surface area contributed by atoms with Gasteiger partial charge in [-0.2, -0.15) is 5.10 Å². The van der Waals surface area contributed by atoms with Gasteiger partial charge < -0.3 is 14.9 Å². The second-order valence-corrected chi connectivity index (χ2v) is 9.59. The van der Waals surface area contributed by atoms with Crippen LogP contribution in [0.2, 0.25) is 0 Å². The fraction of sp³-hybridized carbons (Fsp3) is 0.385. The molecule has 1 aliphatic carbocycles. The number of halogens is 1. The highest BCUT2D eigenvalue weighted by atomic mass is 32.2. The van der Waals surface area contributed by atoms with Crippen LogP contribution < -0.4 is 0 Å². The summed E-state index contributed by atoms with van der Waals surface area (Å²) in [7, 11) is 0. The van der Waals surface area contributed by atoms with Gasteiger partial charge in [0.05, 0.1) is 12.5 Å². The minimum atomic E-state index is -0.938. The summed E-state index contributed by atoms with van der Waals surface area (Å²) < 4.78 is 20.9. The molecule has 8 heteroatoms. The molecule has 0 unspecified atom stereocenters. The maximum atomic E-state index is 13.6. The minimum absolute atomic E-state index is 0.0674. The van der Waals surface area contributed by atoms with Crippen LogP contribution in [0.4, 0.5) is 4.39 Å². The highest BCUT2D eigenvalue weighted by Gasteiger charge is 2.26. The van der Waals surface area contributed by atoms with Crippen molar-refractivity contribution in [1.82, 2.24) is 9.78 Å². The molecule has 0 spiro atoms. The number of hydrogen-bond acceptors (Lipinski definition) is 5. The van der Waals surface area contributed by atoms with Crippen LogP contribution in [0.3, 0.4) is 0 Å². The molecule has 0 amide bonds. The molecule has 180 valence electrons. The number of thioether (sulfide) groups is 1. The lowest BCUT2D eigenvalue weighted by atomic mass is 9.82. The zero-order valence-corrected chi connectivity index (χ0v) is 19.7. The van der Waals surface area contributed by atoms with Gasteiger partial charge >= 0.3 is 5.97 Å². The SMILES string of the molecule is O=C(O)COCC1CCC(Cn2nc(-c3ccc(F)cc3)c(-c3ccccc3)c2SCO)CC1. The van der Waals surface area contributed by atoms with Crippen LogP contribution in [0.5, 0.6) is 0 Å². The Balaban J connectivity index is 1.58. The Bertz CT molecular complexity index is 1080. The Kier molecular flexibility index (Phi) is 8.37. The monoisotopic (exact) mass is 484 g/mol. The Hall–Kier alpha value is -2.68. The molecule has 3 aromatic rings. The van der Waals surface area contributed by atoms with E-state index in [4.69, 9.17) is 14.9 Å². The van der Waals surface area contributed by atoms with Crippen molar-refractivity contribution in [2.45, 2.75) is 37.3 Å². The summed E-state index contributed by atoms with van der Waals surface area (Å²) in [5.74, 6) is -0.485. The van der Waals surface area contributed by atoms with Crippen LogP contribution in [0, 0.1) is 17.7 Å². The third-order valence-electron chi connectivity index (χ3n) is 6.26. The van der Waals surface area contributed by atoms with Crippen molar-refractivity contribution < 1.29 is 24.1 Å². The van der Waals surface area contributed by atoms with Gasteiger partial charge in [0.2, 0.25) is 0 Å². The smallest absolute Gasteiger partial charge is 0.329 e. The molecule has 2 N–H and O–H groups in total. The Morgan fingerprint density at radius 3 is 2.35 bits per heavy atom. The zero-order valence-electron chi connectivity index (χ0n) is 18.9. The van der Waals surface area contributed by atoms with Crippen molar-refractivity contribution in [2.24, 2.45) is 11.8 Å². The van der Waals surface area contributed by atoms with Crippen LogP contribution in [-0.2, 0) is 16.1 Å². The normalized spacial score (nSPS) is 18.2. The zero-order chi connectivity index (χ0) is 23.9. The number of aliphatic hydroxyl groups excluding tert-OH is 1. The quantitative estimate of drug-likeness (QED) is 0.300. The van der Waals surface area contributed by atoms with Gasteiger partial charge in [-0.3, -0.25) is 4.68 Å². The number of rotatable bonds is 10. The largest absolute Gasteiger partial charge is 0.480 e. The maximum Gasteiger partial charge on any atom is 0.329 e. The van der Waals surface area contributed by atoms with E-state index in [1.54, 1.807) is 12.1 Å². The van der Waals surface area contributed by atoms with E-state index >= 15 is 0 Å². The van der Waals surface area contributed by atoms with Crippen LogP contribution in [0.1, 0.15) is 25.7 Å². The molecule has 2 aromatic carbocycles. The molecule has 0 atom stereocenters. The summed E-state index contributed by atoms with van der Waals surface area (Å²) in [6.07, 6.45) is 4.00. The molecule has 1 heterocycles. The average Bonchev–Trinajstić information content (AvgIpc) is 3.19. The van der Waals surface area contributed by atoms with E-state index in [2.05, 4.69) is 0 Å². The van der Waals surface area contributed by atoms with Gasteiger partial charge in [-0.15, -0.1) is 0 Å². The van der Waals surface area contributed by atoms with Gasteiger partial charge in [0.1, 0.15) is 23.1 Å². The second-order valence-electron chi connectivity index (χ2n) is 8.65. The summed E-state index contributed by atoms with van der Waals surface area (Å²) in [5.41, 5.74) is 3.56. The van der Waals surface area contributed by atoms with Crippen LogP contribution in [0.25, 0.3) is 22.4 Å². The van der Waals surface area contributed by atoms with E-state index in [9.17, 15) is 14.3 Å². The molecule has 4 rings (SSSR count). The van der Waals surface area contributed by atoms with Crippen molar-refractivity contribution >= 4 is 17.7 Å². The lowest BCUT2D eigenvalue weighted by Crippen LogP contribution is -2.23. The minimum Gasteiger partial charge on any atom is -0.480 e. The highest BCUT2D eigenvalue weighted by Crippen LogP contribution is 2.40. The average molecular weight is 485 g/mol. The summed E-state index contributed by atoms with van der Waals surface area (Å²) in [6.45, 7) is 0.967. The summed E-state index contributed by atoms with van der Waals surface area (Å²) >= 11 is 1.35. The van der Waals surface area contributed by atoms with Crippen LogP contribution in [-0.4, -0.2) is 45.1 Å². The standard InChI is InChI=1S/C26H29FN2O4S/c27-22-12-10-21(11-13-22)25-24(20-4-2-1-3-5-20)26(34-17-30)29(28-25)14-18-6-8-19(9-7-18)15-33-16-23(31)32/h1-5,10-13,18-19,30H,6-9,14-17H2,(H,31,32). The van der Waals surface area contributed by atoms with Crippen molar-refractivity contribution in [3.05, 3.63) is 60.4 Å². The van der Waals surface area contributed by atoms with Crippen molar-refractivity contribution in [3.8, 4) is 22.4 Å². The van der Waals surface area contributed by atoms with Crippen molar-refractivity contribution in [3.63, 3.8) is 0 Å². The predicted octanol–water partition coefficient (Wildman–Crippen LogP) is 5.31. The first-order chi connectivity index (χ1) is 16.5. The summed E-state index contributed by atoms with van der Waals surface area (Å²) in [5, 5.41) is 24.4. The van der Waals surface area contributed by atoms with Crippen molar-refractivity contribution in [1.29, 1.82) is 0 Å². The third kappa shape index (κ3) is 6.05. The highest BCUT2D eigenvalue weighted by molar-refractivity contribution is 7.99. The molecule has 6 nitrogen and oxygen atoms in total. The molecule has 1 saturated carbocycles. The van der Waals surface area contributed by atoms with E-state index in [0.29, 0.717) is 18.4 Å². The Labute approximate surface area is 202 Å². The Morgan fingerprint density at radius 1 is 1.03 bits per heavy atom. The van der Waals surface area contributed by atoms with E-state index in [0.717, 1.165) is 59.6 Å². The predicted molar refractivity (Wildman–Crippen MR) is 130 cm³/mol. The van der Waals surface area contributed by atoms with E-state index in [-0.39, 0.29) is 18.4 Å². The summed E-state index contributed by atoms with van der Waals surface area (Å²) in [4.78, 5) is 10.7. The number of carboxylic acids is 1. The topological polar surface area (TPSA) is 84.6 Å². The second kappa shape index (κ2) is 11.6. The molecule has 1 aliphatic rings. The summed E-state index contributed by atoms with van der Waals surface area (Å²) in [6, 6.07) is 16.3. The number of nitrogens with zero attached hydrogens (tertiary/aromatic N) is 2. The van der Waals surface area contributed by atoms with Gasteiger partial charge in [-0.1, -0.05) is 42.1 Å². The molecule has 1 fully saturated rings. The molecular formula is C26H29FN2O4S. The fourth-order valence-electron chi connectivity index (χ4n) is 4.59. The van der Waals surface area contributed by atoms with Gasteiger partial charge in [-0.05, 0) is 67.3 Å². The number of aliphatic carboxylic acids is 1. The molecule has 0 bridgehead atoms. The van der Waals surface area contributed by atoms with E-state index < -0.39 is 5.97 Å². The lowest BCUT2D eigenvalue weighted by Gasteiger charge is -2.28. The van der Waals surface area contributed by atoms with Gasteiger partial charge in [0.15, 0.2) is 0 Å². The maximum absolute atomic E-state index is 13.6. The number of aliphatic hydroxyl groups is 1. The molecular weight excluding hydrogens is 455 g/mol. The van der Waals surface area contributed by atoms with E-state index in [1.807, 2.05) is 35.0 Å². The molecule has 0 aliphatic heterocycles.